The number of aliphatic hydroxyl groups is 1. The number of rotatable bonds is 6. The molecule has 0 heterocycles. The van der Waals surface area contributed by atoms with Gasteiger partial charge in [0.25, 0.3) is 0 Å². The van der Waals surface area contributed by atoms with Gasteiger partial charge in [-0.15, -0.1) is 0 Å². The molecule has 0 bridgehead atoms. The Bertz CT molecular complexity index is 497. The van der Waals surface area contributed by atoms with Crippen molar-refractivity contribution in [3.05, 3.63) is 29.3 Å². The van der Waals surface area contributed by atoms with Crippen LogP contribution in [0.1, 0.15) is 24.5 Å². The van der Waals surface area contributed by atoms with E-state index in [0.717, 1.165) is 11.1 Å². The number of sulfonamides is 1. The Morgan fingerprint density at radius 1 is 1.22 bits per heavy atom. The van der Waals surface area contributed by atoms with Crippen molar-refractivity contribution in [2.24, 2.45) is 0 Å². The van der Waals surface area contributed by atoms with Crippen LogP contribution in [0.5, 0.6) is 0 Å². The summed E-state index contributed by atoms with van der Waals surface area (Å²) >= 11 is 0. The van der Waals surface area contributed by atoms with Gasteiger partial charge in [0.05, 0.1) is 4.90 Å². The second-order valence-electron chi connectivity index (χ2n) is 4.32. The lowest BCUT2D eigenvalue weighted by atomic mass is 10.1. The van der Waals surface area contributed by atoms with Crippen LogP contribution < -0.4 is 0 Å². The zero-order chi connectivity index (χ0) is 13.8. The molecular formula is C13H21NO3S. The summed E-state index contributed by atoms with van der Waals surface area (Å²) in [5.41, 5.74) is 2.04. The summed E-state index contributed by atoms with van der Waals surface area (Å²) in [5, 5.41) is 8.81. The van der Waals surface area contributed by atoms with Crippen LogP contribution in [0.4, 0.5) is 0 Å². The first-order valence-electron chi connectivity index (χ1n) is 6.11. The van der Waals surface area contributed by atoms with Crippen molar-refractivity contribution in [2.75, 3.05) is 19.7 Å². The average Bonchev–Trinajstić information content (AvgIpc) is 2.33. The van der Waals surface area contributed by atoms with Crippen molar-refractivity contribution in [1.29, 1.82) is 0 Å². The molecule has 0 saturated heterocycles. The molecule has 102 valence electrons. The molecule has 4 nitrogen and oxygen atoms in total. The third kappa shape index (κ3) is 3.31. The molecule has 0 atom stereocenters. The molecule has 0 aromatic heterocycles. The zero-order valence-electron chi connectivity index (χ0n) is 11.2. The summed E-state index contributed by atoms with van der Waals surface area (Å²) in [6.07, 6.45) is 0.456. The van der Waals surface area contributed by atoms with Crippen LogP contribution in [0, 0.1) is 13.8 Å². The van der Waals surface area contributed by atoms with Gasteiger partial charge in [0.1, 0.15) is 0 Å². The minimum Gasteiger partial charge on any atom is -0.396 e. The number of aryl methyl sites for hydroxylation is 2. The van der Waals surface area contributed by atoms with Gasteiger partial charge < -0.3 is 5.11 Å². The monoisotopic (exact) mass is 271 g/mol. The van der Waals surface area contributed by atoms with Gasteiger partial charge in [0.15, 0.2) is 0 Å². The van der Waals surface area contributed by atoms with Crippen molar-refractivity contribution in [3.63, 3.8) is 0 Å². The van der Waals surface area contributed by atoms with Crippen LogP contribution in [0.3, 0.4) is 0 Å². The van der Waals surface area contributed by atoms with E-state index < -0.39 is 10.0 Å². The fourth-order valence-electron chi connectivity index (χ4n) is 1.72. The first-order valence-corrected chi connectivity index (χ1v) is 7.55. The fraction of sp³-hybridized carbons (Fsp3) is 0.538. The topological polar surface area (TPSA) is 57.6 Å². The van der Waals surface area contributed by atoms with Crippen LogP contribution in [-0.2, 0) is 10.0 Å². The maximum absolute atomic E-state index is 12.4. The maximum Gasteiger partial charge on any atom is 0.243 e. The Morgan fingerprint density at radius 3 is 2.39 bits per heavy atom. The summed E-state index contributed by atoms with van der Waals surface area (Å²) in [5.74, 6) is 0. The Labute approximate surface area is 109 Å². The molecule has 0 aliphatic heterocycles. The first kappa shape index (κ1) is 15.1. The third-order valence-electron chi connectivity index (χ3n) is 3.03. The van der Waals surface area contributed by atoms with E-state index in [-0.39, 0.29) is 6.61 Å². The van der Waals surface area contributed by atoms with E-state index in [1.165, 1.54) is 4.31 Å². The van der Waals surface area contributed by atoms with Gasteiger partial charge >= 0.3 is 0 Å². The highest BCUT2D eigenvalue weighted by molar-refractivity contribution is 7.89. The van der Waals surface area contributed by atoms with Crippen LogP contribution in [0.2, 0.25) is 0 Å². The normalized spacial score (nSPS) is 12.1. The second-order valence-corrected chi connectivity index (χ2v) is 6.26. The molecule has 1 aromatic rings. The van der Waals surface area contributed by atoms with Crippen LogP contribution >= 0.6 is 0 Å². The summed E-state index contributed by atoms with van der Waals surface area (Å²) < 4.78 is 26.2. The maximum atomic E-state index is 12.4. The molecule has 0 fully saturated rings. The van der Waals surface area contributed by atoms with E-state index >= 15 is 0 Å². The lowest BCUT2D eigenvalue weighted by Gasteiger charge is -2.20. The molecule has 0 radical (unpaired) electrons. The number of aliphatic hydroxyl groups excluding tert-OH is 1. The van der Waals surface area contributed by atoms with E-state index in [9.17, 15) is 8.42 Å². The number of hydrogen-bond donors (Lipinski definition) is 1. The van der Waals surface area contributed by atoms with Gasteiger partial charge in [-0.3, -0.25) is 0 Å². The first-order chi connectivity index (χ1) is 8.43. The van der Waals surface area contributed by atoms with Gasteiger partial charge in [0.2, 0.25) is 10.0 Å². The molecule has 1 rings (SSSR count). The van der Waals surface area contributed by atoms with Crippen LogP contribution in [0.25, 0.3) is 0 Å². The van der Waals surface area contributed by atoms with Crippen molar-refractivity contribution in [2.45, 2.75) is 32.1 Å². The van der Waals surface area contributed by atoms with Gasteiger partial charge in [-0.05, 0) is 43.5 Å². The predicted molar refractivity (Wildman–Crippen MR) is 72.1 cm³/mol. The summed E-state index contributed by atoms with van der Waals surface area (Å²) in [6.45, 7) is 6.42. The lowest BCUT2D eigenvalue weighted by Crippen LogP contribution is -2.32. The second kappa shape index (κ2) is 6.31. The van der Waals surface area contributed by atoms with Crippen LogP contribution in [0.15, 0.2) is 23.1 Å². The Kier molecular flexibility index (Phi) is 5.31. The SMILES string of the molecule is CCN(CCCO)S(=O)(=O)c1ccc(C)c(C)c1. The summed E-state index contributed by atoms with van der Waals surface area (Å²) in [6, 6.07) is 5.16. The largest absolute Gasteiger partial charge is 0.396 e. The summed E-state index contributed by atoms with van der Waals surface area (Å²) in [4.78, 5) is 0.324. The standard InChI is InChI=1S/C13H21NO3S/c1-4-14(8-5-9-15)18(16,17)13-7-6-11(2)12(3)10-13/h6-7,10,15H,4-5,8-9H2,1-3H3. The van der Waals surface area contributed by atoms with Crippen molar-refractivity contribution in [1.82, 2.24) is 4.31 Å². The number of benzene rings is 1. The van der Waals surface area contributed by atoms with E-state index in [1.807, 2.05) is 19.9 Å². The van der Waals surface area contributed by atoms with E-state index in [1.54, 1.807) is 19.1 Å². The zero-order valence-corrected chi connectivity index (χ0v) is 12.0. The molecule has 0 saturated carbocycles. The van der Waals surface area contributed by atoms with Crippen molar-refractivity contribution >= 4 is 10.0 Å². The molecule has 1 aromatic carbocycles. The van der Waals surface area contributed by atoms with Crippen molar-refractivity contribution in [3.8, 4) is 0 Å². The Hall–Kier alpha value is -0.910. The molecule has 0 unspecified atom stereocenters. The van der Waals surface area contributed by atoms with Crippen LogP contribution in [-0.4, -0.2) is 37.5 Å². The van der Waals surface area contributed by atoms with E-state index in [2.05, 4.69) is 0 Å². The molecule has 5 heteroatoms. The van der Waals surface area contributed by atoms with Gasteiger partial charge in [0, 0.05) is 19.7 Å². The minimum absolute atomic E-state index is 0.00105. The number of nitrogens with zero attached hydrogens (tertiary/aromatic N) is 1. The highest BCUT2D eigenvalue weighted by atomic mass is 32.2. The highest BCUT2D eigenvalue weighted by Crippen LogP contribution is 2.19. The van der Waals surface area contributed by atoms with Gasteiger partial charge in [-0.2, -0.15) is 4.31 Å². The quantitative estimate of drug-likeness (QED) is 0.856. The lowest BCUT2D eigenvalue weighted by molar-refractivity contribution is 0.271. The minimum atomic E-state index is -3.44. The molecular weight excluding hydrogens is 250 g/mol. The molecule has 0 amide bonds. The smallest absolute Gasteiger partial charge is 0.243 e. The highest BCUT2D eigenvalue weighted by Gasteiger charge is 2.22. The van der Waals surface area contributed by atoms with Gasteiger partial charge in [-0.25, -0.2) is 8.42 Å². The van der Waals surface area contributed by atoms with E-state index in [0.29, 0.717) is 24.4 Å². The Balaban J connectivity index is 3.06. The van der Waals surface area contributed by atoms with E-state index in [4.69, 9.17) is 5.11 Å². The Morgan fingerprint density at radius 2 is 1.89 bits per heavy atom. The summed E-state index contributed by atoms with van der Waals surface area (Å²) in [7, 11) is -3.44. The molecule has 18 heavy (non-hydrogen) atoms. The predicted octanol–water partition coefficient (Wildman–Crippen LogP) is 1.70. The molecule has 0 aliphatic carbocycles. The molecule has 1 N–H and O–H groups in total. The average molecular weight is 271 g/mol. The van der Waals surface area contributed by atoms with Crippen molar-refractivity contribution < 1.29 is 13.5 Å². The molecule has 0 aliphatic rings. The third-order valence-corrected chi connectivity index (χ3v) is 5.00. The number of hydrogen-bond acceptors (Lipinski definition) is 3. The fourth-order valence-corrected chi connectivity index (χ4v) is 3.29. The van der Waals surface area contributed by atoms with Gasteiger partial charge in [-0.1, -0.05) is 13.0 Å². The molecule has 0 spiro atoms.